The lowest BCUT2D eigenvalue weighted by Gasteiger charge is -2.39. The van der Waals surface area contributed by atoms with Crippen molar-refractivity contribution in [2.75, 3.05) is 18.6 Å². The molecule has 200 valence electrons. The van der Waals surface area contributed by atoms with Gasteiger partial charge >= 0.3 is 12.3 Å². The Morgan fingerprint density at radius 3 is 2.39 bits per heavy atom. The zero-order valence-electron chi connectivity index (χ0n) is 19.8. The molecule has 2 unspecified atom stereocenters. The van der Waals surface area contributed by atoms with E-state index in [-0.39, 0.29) is 27.6 Å². The van der Waals surface area contributed by atoms with E-state index < -0.39 is 53.5 Å². The van der Waals surface area contributed by atoms with Crippen molar-refractivity contribution in [3.05, 3.63) is 76.6 Å². The molecule has 38 heavy (non-hydrogen) atoms. The number of aliphatic hydroxyl groups is 1. The Balaban J connectivity index is 1.77. The monoisotopic (exact) mass is 553 g/mol. The van der Waals surface area contributed by atoms with E-state index in [4.69, 9.17) is 21.4 Å². The normalized spacial score (nSPS) is 15.8. The van der Waals surface area contributed by atoms with Crippen LogP contribution < -0.4 is 14.4 Å². The molecule has 2 atom stereocenters. The number of ether oxygens (including phenoxy) is 2. The van der Waals surface area contributed by atoms with Crippen LogP contribution in [0, 0.1) is 5.82 Å². The van der Waals surface area contributed by atoms with Gasteiger partial charge in [0, 0.05) is 23.6 Å². The van der Waals surface area contributed by atoms with Gasteiger partial charge in [-0.2, -0.15) is 13.2 Å². The van der Waals surface area contributed by atoms with Crippen LogP contribution >= 0.6 is 11.6 Å². The molecule has 0 spiro atoms. The SMILES string of the molecule is CC(c1ccc(-c2ccc(OC(=O)O)c(F)c2)cc1Cl)C(O)(c1cccc2c1OCC(=O)N2C)C(F)(F)F. The number of alkyl halides is 3. The second kappa shape index (κ2) is 9.80. The Kier molecular flexibility index (Phi) is 7.02. The molecule has 0 saturated carbocycles. The number of amides is 1. The second-order valence-corrected chi connectivity index (χ2v) is 9.04. The minimum atomic E-state index is -5.18. The first-order valence-corrected chi connectivity index (χ1v) is 11.5. The Morgan fingerprint density at radius 2 is 1.79 bits per heavy atom. The number of rotatable bonds is 5. The van der Waals surface area contributed by atoms with Crippen molar-refractivity contribution in [1.29, 1.82) is 0 Å². The van der Waals surface area contributed by atoms with Crippen LogP contribution in [-0.4, -0.2) is 42.1 Å². The number of halogens is 5. The summed E-state index contributed by atoms with van der Waals surface area (Å²) in [6, 6.07) is 11.2. The van der Waals surface area contributed by atoms with E-state index in [1.165, 1.54) is 43.4 Å². The van der Waals surface area contributed by atoms with Crippen molar-refractivity contribution >= 4 is 29.4 Å². The number of benzene rings is 3. The summed E-state index contributed by atoms with van der Waals surface area (Å²) in [4.78, 5) is 23.8. The van der Waals surface area contributed by atoms with Gasteiger partial charge in [-0.05, 0) is 41.0 Å². The van der Waals surface area contributed by atoms with Crippen molar-refractivity contribution < 1.29 is 46.8 Å². The first kappa shape index (κ1) is 27.2. The molecule has 0 bridgehead atoms. The maximum atomic E-state index is 14.6. The molecule has 3 aromatic carbocycles. The molecule has 1 aliphatic rings. The summed E-state index contributed by atoms with van der Waals surface area (Å²) >= 11 is 6.38. The Morgan fingerprint density at radius 1 is 1.13 bits per heavy atom. The molecular formula is C26H20ClF4NO6. The molecule has 1 aliphatic heterocycles. The summed E-state index contributed by atoms with van der Waals surface area (Å²) in [6.07, 6.45) is -6.88. The van der Waals surface area contributed by atoms with Crippen LogP contribution in [0.25, 0.3) is 11.1 Å². The lowest BCUT2D eigenvalue weighted by atomic mass is 9.76. The Bertz CT molecular complexity index is 1430. The first-order valence-electron chi connectivity index (χ1n) is 11.1. The zero-order valence-corrected chi connectivity index (χ0v) is 20.6. The quantitative estimate of drug-likeness (QED) is 0.225. The number of para-hydroxylation sites is 1. The predicted octanol–water partition coefficient (Wildman–Crippen LogP) is 6.11. The Hall–Kier alpha value is -3.83. The van der Waals surface area contributed by atoms with Crippen LogP contribution in [0.2, 0.25) is 5.02 Å². The van der Waals surface area contributed by atoms with E-state index in [1.54, 1.807) is 0 Å². The molecule has 0 fully saturated rings. The summed E-state index contributed by atoms with van der Waals surface area (Å²) < 4.78 is 67.7. The van der Waals surface area contributed by atoms with Gasteiger partial charge in [-0.1, -0.05) is 48.9 Å². The van der Waals surface area contributed by atoms with Gasteiger partial charge in [0.2, 0.25) is 0 Å². The fourth-order valence-corrected chi connectivity index (χ4v) is 4.72. The van der Waals surface area contributed by atoms with Crippen molar-refractivity contribution in [3.63, 3.8) is 0 Å². The number of carbonyl (C=O) groups is 2. The van der Waals surface area contributed by atoms with Gasteiger partial charge in [0.15, 0.2) is 23.8 Å². The fraction of sp³-hybridized carbons (Fsp3) is 0.231. The fourth-order valence-electron chi connectivity index (χ4n) is 4.38. The lowest BCUT2D eigenvalue weighted by molar-refractivity contribution is -0.275. The van der Waals surface area contributed by atoms with Crippen molar-refractivity contribution in [1.82, 2.24) is 0 Å². The van der Waals surface area contributed by atoms with Gasteiger partial charge in [0.05, 0.1) is 5.69 Å². The maximum Gasteiger partial charge on any atom is 0.511 e. The molecule has 7 nitrogen and oxygen atoms in total. The minimum Gasteiger partial charge on any atom is -0.481 e. The maximum absolute atomic E-state index is 14.6. The minimum absolute atomic E-state index is 0.0561. The van der Waals surface area contributed by atoms with Crippen LogP contribution in [0.15, 0.2) is 54.6 Å². The van der Waals surface area contributed by atoms with Crippen molar-refractivity contribution in [3.8, 4) is 22.6 Å². The van der Waals surface area contributed by atoms with Gasteiger partial charge in [-0.3, -0.25) is 4.79 Å². The van der Waals surface area contributed by atoms with E-state index in [0.29, 0.717) is 5.56 Å². The lowest BCUT2D eigenvalue weighted by Crippen LogP contribution is -2.47. The molecule has 4 rings (SSSR count). The predicted molar refractivity (Wildman–Crippen MR) is 129 cm³/mol. The summed E-state index contributed by atoms with van der Waals surface area (Å²) in [7, 11) is 1.39. The highest BCUT2D eigenvalue weighted by molar-refractivity contribution is 6.31. The molecule has 0 aliphatic carbocycles. The van der Waals surface area contributed by atoms with E-state index in [0.717, 1.165) is 30.0 Å². The number of carbonyl (C=O) groups excluding carboxylic acids is 1. The van der Waals surface area contributed by atoms with E-state index >= 15 is 0 Å². The van der Waals surface area contributed by atoms with E-state index in [2.05, 4.69) is 4.74 Å². The largest absolute Gasteiger partial charge is 0.511 e. The van der Waals surface area contributed by atoms with Crippen LogP contribution in [0.4, 0.5) is 28.0 Å². The summed E-state index contributed by atoms with van der Waals surface area (Å²) in [5.74, 6) is -3.87. The number of fused-ring (bicyclic) bond motifs is 1. The molecule has 2 N–H and O–H groups in total. The molecule has 12 heteroatoms. The molecule has 0 aromatic heterocycles. The van der Waals surface area contributed by atoms with Crippen LogP contribution in [0.1, 0.15) is 24.0 Å². The summed E-state index contributed by atoms with van der Waals surface area (Å²) in [5, 5.41) is 19.8. The average Bonchev–Trinajstić information content (AvgIpc) is 2.85. The van der Waals surface area contributed by atoms with E-state index in [9.17, 15) is 32.3 Å². The molecule has 0 radical (unpaired) electrons. The van der Waals surface area contributed by atoms with E-state index in [1.807, 2.05) is 0 Å². The number of likely N-dealkylation sites (N-methyl/N-ethyl adjacent to an activating group) is 1. The summed E-state index contributed by atoms with van der Waals surface area (Å²) in [5.41, 5.74) is -3.45. The summed E-state index contributed by atoms with van der Waals surface area (Å²) in [6.45, 7) is 0.661. The topological polar surface area (TPSA) is 96.3 Å². The highest BCUT2D eigenvalue weighted by Crippen LogP contribution is 2.54. The van der Waals surface area contributed by atoms with Gasteiger partial charge in [0.1, 0.15) is 5.75 Å². The molecule has 1 heterocycles. The smallest absolute Gasteiger partial charge is 0.481 e. The number of anilines is 1. The van der Waals surface area contributed by atoms with Crippen molar-refractivity contribution in [2.45, 2.75) is 24.6 Å². The van der Waals surface area contributed by atoms with Gasteiger partial charge in [-0.25, -0.2) is 9.18 Å². The molecule has 1 amide bonds. The third-order valence-electron chi connectivity index (χ3n) is 6.47. The third-order valence-corrected chi connectivity index (χ3v) is 6.80. The van der Waals surface area contributed by atoms with Gasteiger partial charge < -0.3 is 24.6 Å². The third kappa shape index (κ3) is 4.63. The number of hydrogen-bond acceptors (Lipinski definition) is 5. The average molecular weight is 554 g/mol. The molecular weight excluding hydrogens is 534 g/mol. The first-order chi connectivity index (χ1) is 17.8. The zero-order chi connectivity index (χ0) is 28.0. The number of hydrogen-bond donors (Lipinski definition) is 2. The highest BCUT2D eigenvalue weighted by Gasteiger charge is 2.60. The van der Waals surface area contributed by atoms with Gasteiger partial charge in [-0.15, -0.1) is 0 Å². The number of nitrogens with zero attached hydrogens (tertiary/aromatic N) is 1. The van der Waals surface area contributed by atoms with Gasteiger partial charge in [0.25, 0.3) is 5.91 Å². The molecule has 0 saturated heterocycles. The highest BCUT2D eigenvalue weighted by atomic mass is 35.5. The van der Waals surface area contributed by atoms with Crippen LogP contribution in [-0.2, 0) is 10.4 Å². The standard InChI is InChI=1S/C26H20ClF4NO6/c1-13(16-8-6-14(10-18(16)27)15-7-9-21(19(28)11-15)38-24(34)35)25(36,26(29,30)31)17-4-3-5-20-23(17)37-12-22(33)32(20)2/h3-11,13,36H,12H2,1-2H3,(H,34,35). The second-order valence-electron chi connectivity index (χ2n) is 8.63. The number of carboxylic acid groups (broad SMARTS) is 1. The Labute approximate surface area is 218 Å². The molecule has 3 aromatic rings. The van der Waals surface area contributed by atoms with Crippen LogP contribution in [0.5, 0.6) is 11.5 Å². The van der Waals surface area contributed by atoms with Crippen LogP contribution in [0.3, 0.4) is 0 Å². The van der Waals surface area contributed by atoms with Crippen molar-refractivity contribution in [2.24, 2.45) is 0 Å².